The zero-order valence-electron chi connectivity index (χ0n) is 33.3. The number of hydrogen-bond acceptors (Lipinski definition) is 12. The lowest BCUT2D eigenvalue weighted by Gasteiger charge is -2.32. The molecule has 12 N–H and O–H groups in total. The number of aliphatic imine (C=N–C) groups is 1. The van der Waals surface area contributed by atoms with Crippen LogP contribution in [-0.2, 0) is 35.3 Å². The zero-order valence-corrected chi connectivity index (χ0v) is 33.3. The number of fused-ring (bicyclic) bond motifs is 2. The molecule has 59 heavy (non-hydrogen) atoms. The quantitative estimate of drug-likeness (QED) is 0.0331. The molecule has 0 spiro atoms. The van der Waals surface area contributed by atoms with Gasteiger partial charge in [-0.3, -0.25) is 43.3 Å². The highest BCUT2D eigenvalue weighted by Gasteiger charge is 2.34. The number of nitrogens with two attached hydrogens (primary N) is 2. The molecule has 320 valence electrons. The number of hydrazine groups is 1. The summed E-state index contributed by atoms with van der Waals surface area (Å²) in [5, 5.41) is 25.1. The van der Waals surface area contributed by atoms with E-state index in [1.807, 2.05) is 0 Å². The number of rotatable bonds is 16. The van der Waals surface area contributed by atoms with Gasteiger partial charge in [0, 0.05) is 50.6 Å². The molecule has 0 fully saturated rings. The van der Waals surface area contributed by atoms with Crippen LogP contribution in [0.25, 0.3) is 0 Å². The van der Waals surface area contributed by atoms with Gasteiger partial charge in [0.2, 0.25) is 29.5 Å². The summed E-state index contributed by atoms with van der Waals surface area (Å²) in [5.41, 5.74) is 8.66. The Kier molecular flexibility index (Phi) is 18.7. The van der Waals surface area contributed by atoms with E-state index in [1.54, 1.807) is 26.0 Å². The van der Waals surface area contributed by atoms with Gasteiger partial charge >= 0.3 is 5.97 Å². The van der Waals surface area contributed by atoms with Gasteiger partial charge in [0.05, 0.1) is 24.9 Å². The highest BCUT2D eigenvalue weighted by Crippen LogP contribution is 2.19. The summed E-state index contributed by atoms with van der Waals surface area (Å²) >= 11 is 0. The number of aromatic nitrogens is 1. The van der Waals surface area contributed by atoms with Gasteiger partial charge < -0.3 is 53.1 Å². The first-order chi connectivity index (χ1) is 28.1. The maximum atomic E-state index is 14.0. The van der Waals surface area contributed by atoms with Crippen molar-refractivity contribution in [1.29, 1.82) is 0 Å². The number of carbonyl (C=O) groups excluding carboxylic acids is 7. The van der Waals surface area contributed by atoms with Crippen LogP contribution in [-0.4, -0.2) is 113 Å². The number of carbonyl (C=O) groups is 8. The number of amides is 7. The second-order valence-electron chi connectivity index (χ2n) is 14.1. The number of carboxylic acid groups (broad SMARTS) is 1. The Morgan fingerprint density at radius 3 is 2.41 bits per heavy atom. The Balaban J connectivity index is 1.81. The van der Waals surface area contributed by atoms with Crippen molar-refractivity contribution in [2.24, 2.45) is 22.5 Å². The van der Waals surface area contributed by atoms with Crippen molar-refractivity contribution in [2.45, 2.75) is 83.5 Å². The molecule has 0 saturated carbocycles. The van der Waals surface area contributed by atoms with E-state index in [1.165, 1.54) is 36.3 Å². The van der Waals surface area contributed by atoms with Crippen molar-refractivity contribution < 1.29 is 43.5 Å². The predicted octanol–water partition coefficient (Wildman–Crippen LogP) is -0.650. The highest BCUT2D eigenvalue weighted by atomic mass is 16.4. The molecule has 2 bridgehead atoms. The Morgan fingerprint density at radius 1 is 1.00 bits per heavy atom. The first-order valence-corrected chi connectivity index (χ1v) is 19.1. The van der Waals surface area contributed by atoms with E-state index >= 15 is 0 Å². The van der Waals surface area contributed by atoms with Crippen LogP contribution in [0.1, 0.15) is 85.1 Å². The molecule has 1 aromatic carbocycles. The first-order valence-electron chi connectivity index (χ1n) is 19.1. The maximum absolute atomic E-state index is 14.0. The number of nitrogens with zero attached hydrogens (tertiary/aromatic N) is 3. The van der Waals surface area contributed by atoms with Crippen LogP contribution in [0.3, 0.4) is 0 Å². The summed E-state index contributed by atoms with van der Waals surface area (Å²) in [4.78, 5) is 113. The molecule has 1 aliphatic rings. The van der Waals surface area contributed by atoms with Crippen LogP contribution in [0, 0.1) is 5.92 Å². The molecule has 0 radical (unpaired) electrons. The molecule has 21 heteroatoms. The molecule has 21 nitrogen and oxygen atoms in total. The van der Waals surface area contributed by atoms with Crippen LogP contribution >= 0.6 is 0 Å². The molecule has 1 unspecified atom stereocenters. The summed E-state index contributed by atoms with van der Waals surface area (Å²) in [5.74, 6) is -0.479. The minimum absolute atomic E-state index is 0.0264. The highest BCUT2D eigenvalue weighted by molar-refractivity contribution is 6.01. The van der Waals surface area contributed by atoms with E-state index in [9.17, 15) is 43.5 Å². The number of aliphatic carboxylic acids is 1. The molecule has 2 aromatic rings. The summed E-state index contributed by atoms with van der Waals surface area (Å²) in [6.07, 6.45) is 3.95. The van der Waals surface area contributed by atoms with Crippen molar-refractivity contribution in [3.63, 3.8) is 0 Å². The van der Waals surface area contributed by atoms with Crippen LogP contribution < -0.4 is 48.9 Å². The average molecular weight is 823 g/mol. The van der Waals surface area contributed by atoms with Gasteiger partial charge in [0.1, 0.15) is 23.9 Å². The average Bonchev–Trinajstić information content (AvgIpc) is 3.20. The molecule has 0 saturated heterocycles. The lowest BCUT2D eigenvalue weighted by molar-refractivity contribution is -0.142. The third-order valence-electron chi connectivity index (χ3n) is 9.21. The smallest absolute Gasteiger partial charge is 0.305 e. The van der Waals surface area contributed by atoms with E-state index in [4.69, 9.17) is 11.6 Å². The third-order valence-corrected chi connectivity index (χ3v) is 9.21. The molecular weight excluding hydrogens is 768 g/mol. The SMILES string of the molecule is CC(C)C1NC(=O)c2cc(cc(NC(=O)CCCCCNC(=O)c3ccc(NN)nc3)c2)CNC(=O)[C@H](CC(=O)O)NC(=O)CNC(=O)[C@H](CCCN=CN)N(C)C1=O. The molecule has 3 atom stereocenters. The lowest BCUT2D eigenvalue weighted by Crippen LogP contribution is -2.57. The normalized spacial score (nSPS) is 18.2. The number of likely N-dealkylation sites (N-methyl/N-ethyl adjacent to an activating group) is 1. The Labute approximate surface area is 341 Å². The number of nitrogen functional groups attached to an aromatic ring is 1. The zero-order chi connectivity index (χ0) is 43.5. The lowest BCUT2D eigenvalue weighted by atomic mass is 9.99. The molecule has 0 aliphatic carbocycles. The number of carboxylic acids is 1. The number of benzene rings is 1. The van der Waals surface area contributed by atoms with Crippen LogP contribution in [0.4, 0.5) is 11.5 Å². The minimum atomic E-state index is -1.53. The Hall–Kier alpha value is -6.64. The summed E-state index contributed by atoms with van der Waals surface area (Å²) in [6, 6.07) is 3.76. The first kappa shape index (κ1) is 46.7. The predicted molar refractivity (Wildman–Crippen MR) is 216 cm³/mol. The number of nitrogens with one attached hydrogen (secondary N) is 7. The van der Waals surface area contributed by atoms with E-state index in [2.05, 4.69) is 47.3 Å². The fraction of sp³-hybridized carbons (Fsp3) is 0.474. The van der Waals surface area contributed by atoms with E-state index < -0.39 is 72.5 Å². The topological polar surface area (TPSA) is 322 Å². The van der Waals surface area contributed by atoms with Gasteiger partial charge in [0.15, 0.2) is 0 Å². The number of anilines is 2. The molecule has 1 aromatic heterocycles. The van der Waals surface area contributed by atoms with Crippen LogP contribution in [0.15, 0.2) is 41.5 Å². The number of unbranched alkanes of at least 4 members (excludes halogenated alkanes) is 2. The van der Waals surface area contributed by atoms with Crippen molar-refractivity contribution in [1.82, 2.24) is 36.5 Å². The minimum Gasteiger partial charge on any atom is -0.481 e. The van der Waals surface area contributed by atoms with E-state index in [0.29, 0.717) is 49.2 Å². The number of pyridine rings is 1. The summed E-state index contributed by atoms with van der Waals surface area (Å²) in [6.45, 7) is 3.17. The van der Waals surface area contributed by atoms with Gasteiger partial charge in [-0.2, -0.15) is 0 Å². The van der Waals surface area contributed by atoms with Gasteiger partial charge in [-0.05, 0) is 67.5 Å². The fourth-order valence-corrected chi connectivity index (χ4v) is 6.01. The van der Waals surface area contributed by atoms with Gasteiger partial charge in [0.25, 0.3) is 11.8 Å². The maximum Gasteiger partial charge on any atom is 0.305 e. The Morgan fingerprint density at radius 2 is 1.75 bits per heavy atom. The Bertz CT molecular complexity index is 1860. The third kappa shape index (κ3) is 15.3. The van der Waals surface area contributed by atoms with Gasteiger partial charge in [-0.25, -0.2) is 10.8 Å². The van der Waals surface area contributed by atoms with Crippen molar-refractivity contribution in [3.05, 3.63) is 53.2 Å². The second kappa shape index (κ2) is 23.6. The molecular formula is C38H54N12O9. The molecule has 1 aliphatic heterocycles. The van der Waals surface area contributed by atoms with Crippen molar-refractivity contribution in [2.75, 3.05) is 37.4 Å². The van der Waals surface area contributed by atoms with Crippen molar-refractivity contribution >= 4 is 65.2 Å². The standard InChI is InChI=1S/C38H54N12O9/c1-22(2)33-38(59)50(3)28(8-7-12-41-21-39)37(58)45-20-31(52)47-27(17-32(53)54)36(57)44-18-23-14-25(35(56)48-33)16-26(15-23)46-30(51)9-5-4-6-13-42-34(55)24-10-11-29(49-40)43-19-24/h10-11,14-16,19,21-22,27-28,33H,4-9,12-13,17-18,20,40H2,1-3H3,(H2,39,41)(H,42,55)(H,43,49)(H,44,57)(H,45,58)(H,46,51)(H,47,52)(H,48,56)(H,53,54)/t27-,28-,33?/m0/s1. The van der Waals surface area contributed by atoms with Gasteiger partial charge in [-0.1, -0.05) is 20.3 Å². The van der Waals surface area contributed by atoms with Gasteiger partial charge in [-0.15, -0.1) is 0 Å². The summed E-state index contributed by atoms with van der Waals surface area (Å²) < 4.78 is 0. The van der Waals surface area contributed by atoms with Crippen molar-refractivity contribution in [3.8, 4) is 0 Å². The van der Waals surface area contributed by atoms with E-state index in [0.717, 1.165) is 6.34 Å². The van der Waals surface area contributed by atoms with E-state index in [-0.39, 0.29) is 49.0 Å². The van der Waals surface area contributed by atoms with Crippen LogP contribution in [0.5, 0.6) is 0 Å². The summed E-state index contributed by atoms with van der Waals surface area (Å²) in [7, 11) is 1.40. The molecule has 2 heterocycles. The van der Waals surface area contributed by atoms with Crippen LogP contribution in [0.2, 0.25) is 0 Å². The fourth-order valence-electron chi connectivity index (χ4n) is 6.01. The number of hydrogen-bond donors (Lipinski definition) is 10. The molecule has 7 amide bonds. The largest absolute Gasteiger partial charge is 0.481 e. The molecule has 3 rings (SSSR count). The second-order valence-corrected chi connectivity index (χ2v) is 14.1. The monoisotopic (exact) mass is 822 g/mol.